The molecule has 4 nitrogen and oxygen atoms in total. The highest BCUT2D eigenvalue weighted by atomic mass is 35.5. The third-order valence-corrected chi connectivity index (χ3v) is 2.55. The van der Waals surface area contributed by atoms with Gasteiger partial charge in [0, 0.05) is 24.0 Å². The van der Waals surface area contributed by atoms with Gasteiger partial charge < -0.3 is 15.0 Å². The van der Waals surface area contributed by atoms with Crippen molar-refractivity contribution in [3.63, 3.8) is 0 Å². The molecule has 0 saturated carbocycles. The SMILES string of the molecule is O=C(COc1cccc(Cl)c1)NCc1cc[nH]c1. The van der Waals surface area contributed by atoms with Gasteiger partial charge in [-0.25, -0.2) is 0 Å². The van der Waals surface area contributed by atoms with Crippen molar-refractivity contribution in [3.8, 4) is 5.75 Å². The summed E-state index contributed by atoms with van der Waals surface area (Å²) in [5, 5.41) is 3.34. The maximum Gasteiger partial charge on any atom is 0.258 e. The molecule has 1 aromatic carbocycles. The molecular formula is C13H13ClN2O2. The van der Waals surface area contributed by atoms with E-state index in [2.05, 4.69) is 10.3 Å². The third kappa shape index (κ3) is 3.82. The number of nitrogens with one attached hydrogen (secondary N) is 2. The standard InChI is InChI=1S/C13H13ClN2O2/c14-11-2-1-3-12(6-11)18-9-13(17)16-8-10-4-5-15-7-10/h1-7,15H,8-9H2,(H,16,17). The lowest BCUT2D eigenvalue weighted by molar-refractivity contribution is -0.123. The molecule has 0 fully saturated rings. The summed E-state index contributed by atoms with van der Waals surface area (Å²) in [5.74, 6) is 0.412. The quantitative estimate of drug-likeness (QED) is 0.871. The molecule has 0 unspecified atom stereocenters. The van der Waals surface area contributed by atoms with E-state index in [9.17, 15) is 4.79 Å². The summed E-state index contributed by atoms with van der Waals surface area (Å²) < 4.78 is 5.31. The first-order valence-electron chi connectivity index (χ1n) is 5.51. The summed E-state index contributed by atoms with van der Waals surface area (Å²) in [6.07, 6.45) is 3.64. The number of aromatic amines is 1. The fourth-order valence-corrected chi connectivity index (χ4v) is 1.61. The molecule has 2 N–H and O–H groups in total. The van der Waals surface area contributed by atoms with Gasteiger partial charge in [0.2, 0.25) is 0 Å². The van der Waals surface area contributed by atoms with Crippen molar-refractivity contribution < 1.29 is 9.53 Å². The van der Waals surface area contributed by atoms with Gasteiger partial charge in [0.15, 0.2) is 6.61 Å². The number of benzene rings is 1. The number of halogens is 1. The lowest BCUT2D eigenvalue weighted by Gasteiger charge is -2.07. The highest BCUT2D eigenvalue weighted by molar-refractivity contribution is 6.30. The minimum atomic E-state index is -0.170. The van der Waals surface area contributed by atoms with Crippen molar-refractivity contribution in [1.29, 1.82) is 0 Å². The first-order valence-corrected chi connectivity index (χ1v) is 5.88. The van der Waals surface area contributed by atoms with Crippen molar-refractivity contribution >= 4 is 17.5 Å². The minimum Gasteiger partial charge on any atom is -0.484 e. The van der Waals surface area contributed by atoms with Crippen LogP contribution < -0.4 is 10.1 Å². The van der Waals surface area contributed by atoms with Gasteiger partial charge in [-0.05, 0) is 29.8 Å². The maximum absolute atomic E-state index is 11.5. The predicted molar refractivity (Wildman–Crippen MR) is 69.6 cm³/mol. The van der Waals surface area contributed by atoms with Crippen molar-refractivity contribution in [2.24, 2.45) is 0 Å². The van der Waals surface area contributed by atoms with Crippen LogP contribution in [0.15, 0.2) is 42.7 Å². The Bertz CT molecular complexity index is 511. The Hall–Kier alpha value is -1.94. The molecular weight excluding hydrogens is 252 g/mol. The third-order valence-electron chi connectivity index (χ3n) is 2.32. The van der Waals surface area contributed by atoms with Gasteiger partial charge in [-0.15, -0.1) is 0 Å². The van der Waals surface area contributed by atoms with Crippen molar-refractivity contribution in [3.05, 3.63) is 53.3 Å². The van der Waals surface area contributed by atoms with Crippen LogP contribution in [-0.2, 0) is 11.3 Å². The number of carbonyl (C=O) groups excluding carboxylic acids is 1. The molecule has 94 valence electrons. The van der Waals surface area contributed by atoms with Crippen LogP contribution in [0.4, 0.5) is 0 Å². The lowest BCUT2D eigenvalue weighted by Crippen LogP contribution is -2.28. The van der Waals surface area contributed by atoms with Gasteiger partial charge in [-0.3, -0.25) is 4.79 Å². The number of ether oxygens (including phenoxy) is 1. The molecule has 5 heteroatoms. The van der Waals surface area contributed by atoms with E-state index in [1.54, 1.807) is 24.3 Å². The van der Waals surface area contributed by atoms with Crippen LogP contribution in [0.3, 0.4) is 0 Å². The second-order valence-corrected chi connectivity index (χ2v) is 4.18. The first-order chi connectivity index (χ1) is 8.74. The summed E-state index contributed by atoms with van der Waals surface area (Å²) in [7, 11) is 0. The molecule has 0 spiro atoms. The second-order valence-electron chi connectivity index (χ2n) is 3.74. The molecule has 1 aromatic heterocycles. The zero-order chi connectivity index (χ0) is 12.8. The number of hydrogen-bond acceptors (Lipinski definition) is 2. The summed E-state index contributed by atoms with van der Waals surface area (Å²) in [5.41, 5.74) is 1.02. The smallest absolute Gasteiger partial charge is 0.258 e. The molecule has 0 aliphatic heterocycles. The van der Waals surface area contributed by atoms with E-state index in [0.717, 1.165) is 5.56 Å². The molecule has 2 rings (SSSR count). The molecule has 0 bridgehead atoms. The fraction of sp³-hybridized carbons (Fsp3) is 0.154. The predicted octanol–water partition coefficient (Wildman–Crippen LogP) is 2.36. The van der Waals surface area contributed by atoms with Crippen LogP contribution in [0.5, 0.6) is 5.75 Å². The van der Waals surface area contributed by atoms with Gasteiger partial charge >= 0.3 is 0 Å². The average molecular weight is 265 g/mol. The highest BCUT2D eigenvalue weighted by Gasteiger charge is 2.03. The van der Waals surface area contributed by atoms with E-state index in [-0.39, 0.29) is 12.5 Å². The molecule has 1 heterocycles. The van der Waals surface area contributed by atoms with Gasteiger partial charge in [0.1, 0.15) is 5.75 Å². The monoisotopic (exact) mass is 264 g/mol. The van der Waals surface area contributed by atoms with E-state index in [4.69, 9.17) is 16.3 Å². The van der Waals surface area contributed by atoms with Crippen LogP contribution in [0.25, 0.3) is 0 Å². The van der Waals surface area contributed by atoms with Crippen molar-refractivity contribution in [2.75, 3.05) is 6.61 Å². The average Bonchev–Trinajstić information content (AvgIpc) is 2.87. The van der Waals surface area contributed by atoms with E-state index in [0.29, 0.717) is 17.3 Å². The molecule has 0 saturated heterocycles. The number of carbonyl (C=O) groups is 1. The molecule has 2 aromatic rings. The lowest BCUT2D eigenvalue weighted by atomic mass is 10.3. The first kappa shape index (κ1) is 12.5. The Morgan fingerprint density at radius 2 is 2.28 bits per heavy atom. The maximum atomic E-state index is 11.5. The Labute approximate surface area is 110 Å². The number of rotatable bonds is 5. The van der Waals surface area contributed by atoms with Crippen LogP contribution >= 0.6 is 11.6 Å². The second kappa shape index (κ2) is 6.12. The number of aromatic nitrogens is 1. The van der Waals surface area contributed by atoms with Gasteiger partial charge in [-0.2, -0.15) is 0 Å². The number of amides is 1. The van der Waals surface area contributed by atoms with E-state index in [1.165, 1.54) is 0 Å². The summed E-state index contributed by atoms with van der Waals surface area (Å²) in [6.45, 7) is 0.464. The van der Waals surface area contributed by atoms with Crippen LogP contribution in [0, 0.1) is 0 Å². The van der Waals surface area contributed by atoms with Crippen molar-refractivity contribution in [1.82, 2.24) is 10.3 Å². The Morgan fingerprint density at radius 1 is 1.39 bits per heavy atom. The zero-order valence-corrected chi connectivity index (χ0v) is 10.4. The molecule has 0 aliphatic rings. The normalized spacial score (nSPS) is 10.1. The summed E-state index contributed by atoms with van der Waals surface area (Å²) in [6, 6.07) is 8.85. The highest BCUT2D eigenvalue weighted by Crippen LogP contribution is 2.16. The van der Waals surface area contributed by atoms with Crippen molar-refractivity contribution in [2.45, 2.75) is 6.54 Å². The number of H-pyrrole nitrogens is 1. The van der Waals surface area contributed by atoms with Crippen LogP contribution in [0.1, 0.15) is 5.56 Å². The van der Waals surface area contributed by atoms with Gasteiger partial charge in [-0.1, -0.05) is 17.7 Å². The Kier molecular flexibility index (Phi) is 4.25. The molecule has 18 heavy (non-hydrogen) atoms. The minimum absolute atomic E-state index is 0.0231. The van der Waals surface area contributed by atoms with Crippen LogP contribution in [-0.4, -0.2) is 17.5 Å². The molecule has 1 amide bonds. The summed E-state index contributed by atoms with van der Waals surface area (Å²) >= 11 is 5.80. The Morgan fingerprint density at radius 3 is 3.00 bits per heavy atom. The largest absolute Gasteiger partial charge is 0.484 e. The van der Waals surface area contributed by atoms with Gasteiger partial charge in [0.05, 0.1) is 0 Å². The zero-order valence-electron chi connectivity index (χ0n) is 9.65. The van der Waals surface area contributed by atoms with Crippen LogP contribution in [0.2, 0.25) is 5.02 Å². The van der Waals surface area contributed by atoms with E-state index < -0.39 is 0 Å². The number of hydrogen-bond donors (Lipinski definition) is 2. The molecule has 0 radical (unpaired) electrons. The topological polar surface area (TPSA) is 54.1 Å². The van der Waals surface area contributed by atoms with E-state index in [1.807, 2.05) is 18.5 Å². The molecule has 0 aliphatic carbocycles. The Balaban J connectivity index is 1.75. The fourth-order valence-electron chi connectivity index (χ4n) is 1.43. The molecule has 0 atom stereocenters. The van der Waals surface area contributed by atoms with Gasteiger partial charge in [0.25, 0.3) is 5.91 Å². The summed E-state index contributed by atoms with van der Waals surface area (Å²) in [4.78, 5) is 14.4. The van der Waals surface area contributed by atoms with E-state index >= 15 is 0 Å².